The minimum Gasteiger partial charge on any atom is -0.493 e. The van der Waals surface area contributed by atoms with E-state index in [9.17, 15) is 4.79 Å². The molecule has 0 radical (unpaired) electrons. The third kappa shape index (κ3) is 4.09. The maximum Gasteiger partial charge on any atom is 0.335 e. The van der Waals surface area contributed by atoms with Crippen LogP contribution in [0.1, 0.15) is 21.8 Å². The fraction of sp³-hybridized carbons (Fsp3) is 0.105. The Morgan fingerprint density at radius 2 is 1.81 bits per heavy atom. The maximum absolute atomic E-state index is 10.9. The Kier molecular flexibility index (Phi) is 5.42. The van der Waals surface area contributed by atoms with E-state index in [4.69, 9.17) is 30.7 Å². The van der Waals surface area contributed by atoms with Crippen LogP contribution in [0, 0.1) is 0 Å². The van der Waals surface area contributed by atoms with Crippen molar-refractivity contribution in [2.45, 2.75) is 0 Å². The molecule has 1 aromatic heterocycles. The molecule has 8 heteroatoms. The summed E-state index contributed by atoms with van der Waals surface area (Å²) in [5.41, 5.74) is 1.57. The minimum absolute atomic E-state index is 0.142. The third-order valence-corrected chi connectivity index (χ3v) is 3.99. The summed E-state index contributed by atoms with van der Waals surface area (Å²) >= 11 is 6.25. The lowest BCUT2D eigenvalue weighted by molar-refractivity contribution is 0.0697. The first-order valence-corrected chi connectivity index (χ1v) is 8.16. The van der Waals surface area contributed by atoms with Gasteiger partial charge < -0.3 is 19.1 Å². The molecule has 0 unspecified atom stereocenters. The number of rotatable bonds is 6. The second-order valence-corrected chi connectivity index (χ2v) is 5.82. The van der Waals surface area contributed by atoms with Gasteiger partial charge in [0.15, 0.2) is 11.5 Å². The predicted molar refractivity (Wildman–Crippen MR) is 100.0 cm³/mol. The lowest BCUT2D eigenvalue weighted by Gasteiger charge is -2.07. The van der Waals surface area contributed by atoms with Gasteiger partial charge in [0, 0.05) is 5.56 Å². The van der Waals surface area contributed by atoms with E-state index in [0.29, 0.717) is 28.5 Å². The number of halogens is 1. The Balaban J connectivity index is 1.85. The van der Waals surface area contributed by atoms with Crippen LogP contribution in [-0.4, -0.2) is 35.4 Å². The molecule has 0 spiro atoms. The number of hydrogen-bond acceptors (Lipinski definition) is 6. The molecule has 0 aliphatic rings. The zero-order valence-corrected chi connectivity index (χ0v) is 15.2. The van der Waals surface area contributed by atoms with Crippen molar-refractivity contribution in [1.29, 1.82) is 0 Å². The Morgan fingerprint density at radius 1 is 1.11 bits per heavy atom. The molecule has 0 saturated heterocycles. The molecule has 7 nitrogen and oxygen atoms in total. The summed E-state index contributed by atoms with van der Waals surface area (Å²) in [6, 6.07) is 11.5. The van der Waals surface area contributed by atoms with Crippen molar-refractivity contribution in [3.8, 4) is 22.9 Å². The zero-order valence-electron chi connectivity index (χ0n) is 14.5. The molecule has 2 aromatic carbocycles. The van der Waals surface area contributed by atoms with Gasteiger partial charge in [0.25, 0.3) is 5.89 Å². The van der Waals surface area contributed by atoms with E-state index >= 15 is 0 Å². The number of nitrogens with zero attached hydrogens (tertiary/aromatic N) is 2. The highest BCUT2D eigenvalue weighted by atomic mass is 35.5. The van der Waals surface area contributed by atoms with Crippen molar-refractivity contribution in [2.75, 3.05) is 14.2 Å². The molecule has 138 valence electrons. The molecule has 0 bridgehead atoms. The number of carboxylic acids is 1. The van der Waals surface area contributed by atoms with E-state index in [2.05, 4.69) is 10.1 Å². The summed E-state index contributed by atoms with van der Waals surface area (Å²) < 4.78 is 15.7. The maximum atomic E-state index is 10.9. The van der Waals surface area contributed by atoms with Crippen LogP contribution in [0.4, 0.5) is 0 Å². The van der Waals surface area contributed by atoms with Gasteiger partial charge >= 0.3 is 5.97 Å². The molecule has 0 fully saturated rings. The molecule has 27 heavy (non-hydrogen) atoms. The normalized spacial score (nSPS) is 11.3. The SMILES string of the molecule is COc1ccc(-c2noc(/C(Cl)=C/c3ccc(C(=O)O)cc3)n2)cc1OC. The van der Waals surface area contributed by atoms with E-state index in [-0.39, 0.29) is 16.5 Å². The van der Waals surface area contributed by atoms with Gasteiger partial charge in [-0.3, -0.25) is 0 Å². The average Bonchev–Trinajstić information content (AvgIpc) is 3.18. The molecule has 1 heterocycles. The predicted octanol–water partition coefficient (Wildman–Crippen LogP) is 4.19. The molecule has 0 atom stereocenters. The van der Waals surface area contributed by atoms with E-state index in [0.717, 1.165) is 0 Å². The standard InChI is InChI=1S/C19H15ClN2O5/c1-25-15-8-7-13(10-16(15)26-2)17-21-18(27-22-17)14(20)9-11-3-5-12(6-4-11)19(23)24/h3-10H,1-2H3,(H,23,24)/b14-9-. The van der Waals surface area contributed by atoms with Crippen molar-refractivity contribution in [3.63, 3.8) is 0 Å². The van der Waals surface area contributed by atoms with Crippen LogP contribution in [0.3, 0.4) is 0 Å². The second kappa shape index (κ2) is 7.92. The highest BCUT2D eigenvalue weighted by Crippen LogP contribution is 2.32. The third-order valence-electron chi connectivity index (χ3n) is 3.72. The summed E-state index contributed by atoms with van der Waals surface area (Å²) in [5.74, 6) is 0.629. The number of aromatic nitrogens is 2. The smallest absolute Gasteiger partial charge is 0.335 e. The van der Waals surface area contributed by atoms with Gasteiger partial charge in [-0.25, -0.2) is 4.79 Å². The van der Waals surface area contributed by atoms with Gasteiger partial charge in [-0.1, -0.05) is 28.9 Å². The summed E-state index contributed by atoms with van der Waals surface area (Å²) in [6.07, 6.45) is 1.61. The van der Waals surface area contributed by atoms with Crippen LogP contribution in [0.25, 0.3) is 22.5 Å². The number of aromatic carboxylic acids is 1. The first-order valence-electron chi connectivity index (χ1n) is 7.79. The van der Waals surface area contributed by atoms with Crippen LogP contribution >= 0.6 is 11.6 Å². The largest absolute Gasteiger partial charge is 0.493 e. The Hall–Kier alpha value is -3.32. The first kappa shape index (κ1) is 18.5. The van der Waals surface area contributed by atoms with Crippen LogP contribution in [0.2, 0.25) is 0 Å². The molecular formula is C19H15ClN2O5. The van der Waals surface area contributed by atoms with Crippen molar-refractivity contribution < 1.29 is 23.9 Å². The molecule has 3 rings (SSSR count). The van der Waals surface area contributed by atoms with Crippen LogP contribution in [0.5, 0.6) is 11.5 Å². The quantitative estimate of drug-likeness (QED) is 0.678. The Bertz CT molecular complexity index is 996. The molecule has 3 aromatic rings. The van der Waals surface area contributed by atoms with Crippen molar-refractivity contribution in [3.05, 3.63) is 59.5 Å². The second-order valence-electron chi connectivity index (χ2n) is 5.41. The molecule has 0 saturated carbocycles. The highest BCUT2D eigenvalue weighted by Gasteiger charge is 2.14. The summed E-state index contributed by atoms with van der Waals surface area (Å²) in [5, 5.41) is 13.1. The number of methoxy groups -OCH3 is 2. The number of benzene rings is 2. The van der Waals surface area contributed by atoms with Gasteiger partial charge in [0.05, 0.1) is 19.8 Å². The lowest BCUT2D eigenvalue weighted by Crippen LogP contribution is -1.94. The zero-order chi connectivity index (χ0) is 19.4. The average molecular weight is 387 g/mol. The monoisotopic (exact) mass is 386 g/mol. The topological polar surface area (TPSA) is 94.7 Å². The summed E-state index contributed by atoms with van der Waals surface area (Å²) in [4.78, 5) is 15.2. The highest BCUT2D eigenvalue weighted by molar-refractivity contribution is 6.50. The Morgan fingerprint density at radius 3 is 2.44 bits per heavy atom. The van der Waals surface area contributed by atoms with Crippen LogP contribution in [0.15, 0.2) is 47.0 Å². The molecule has 0 aliphatic heterocycles. The number of hydrogen-bond donors (Lipinski definition) is 1. The van der Waals surface area contributed by atoms with E-state index < -0.39 is 5.97 Å². The van der Waals surface area contributed by atoms with E-state index in [1.165, 1.54) is 12.1 Å². The molecular weight excluding hydrogens is 372 g/mol. The van der Waals surface area contributed by atoms with Crippen LogP contribution in [-0.2, 0) is 0 Å². The number of carboxylic acid groups (broad SMARTS) is 1. The molecule has 0 amide bonds. The summed E-state index contributed by atoms with van der Waals surface area (Å²) in [7, 11) is 3.09. The van der Waals surface area contributed by atoms with Gasteiger partial charge in [-0.05, 0) is 42.0 Å². The van der Waals surface area contributed by atoms with Crippen molar-refractivity contribution in [2.24, 2.45) is 0 Å². The first-order chi connectivity index (χ1) is 13.0. The lowest BCUT2D eigenvalue weighted by atomic mass is 10.1. The van der Waals surface area contributed by atoms with Gasteiger partial charge in [-0.15, -0.1) is 0 Å². The fourth-order valence-corrected chi connectivity index (χ4v) is 2.55. The molecule has 1 N–H and O–H groups in total. The van der Waals surface area contributed by atoms with Gasteiger partial charge in [0.2, 0.25) is 5.82 Å². The minimum atomic E-state index is -0.993. The number of ether oxygens (including phenoxy) is 2. The Labute approximate surface area is 159 Å². The number of carbonyl (C=O) groups is 1. The fourth-order valence-electron chi connectivity index (χ4n) is 2.34. The van der Waals surface area contributed by atoms with Gasteiger partial charge in [0.1, 0.15) is 5.03 Å². The van der Waals surface area contributed by atoms with Crippen molar-refractivity contribution >= 4 is 28.7 Å². The van der Waals surface area contributed by atoms with Crippen molar-refractivity contribution in [1.82, 2.24) is 10.1 Å². The van der Waals surface area contributed by atoms with E-state index in [1.54, 1.807) is 50.6 Å². The van der Waals surface area contributed by atoms with Crippen LogP contribution < -0.4 is 9.47 Å². The summed E-state index contributed by atoms with van der Waals surface area (Å²) in [6.45, 7) is 0. The molecule has 0 aliphatic carbocycles. The van der Waals surface area contributed by atoms with Gasteiger partial charge in [-0.2, -0.15) is 4.98 Å². The van der Waals surface area contributed by atoms with E-state index in [1.807, 2.05) is 0 Å².